The summed E-state index contributed by atoms with van der Waals surface area (Å²) >= 11 is 0. The number of rotatable bonds is 6. The maximum atomic E-state index is 13.2. The zero-order chi connectivity index (χ0) is 15.9. The van der Waals surface area contributed by atoms with E-state index in [4.69, 9.17) is 10.00 Å². The summed E-state index contributed by atoms with van der Waals surface area (Å²) in [5.41, 5.74) is 0.613. The third kappa shape index (κ3) is 7.42. The van der Waals surface area contributed by atoms with Crippen molar-refractivity contribution >= 4 is 5.97 Å². The standard InChI is InChI=1S/C16H21FN2O2/c1-16(2,3)21-15(20)5-7-19-6-4-12-8-13(11-18)10-14(17)9-12/h8-10,19H,4-7H2,1-3H3. The van der Waals surface area contributed by atoms with Gasteiger partial charge in [-0.2, -0.15) is 5.26 Å². The summed E-state index contributed by atoms with van der Waals surface area (Å²) < 4.78 is 18.4. The Kier molecular flexibility index (Phi) is 6.32. The molecule has 0 atom stereocenters. The molecular formula is C16H21FN2O2. The number of carbonyl (C=O) groups is 1. The minimum absolute atomic E-state index is 0.243. The third-order valence-electron chi connectivity index (χ3n) is 2.60. The minimum atomic E-state index is -0.466. The maximum Gasteiger partial charge on any atom is 0.307 e. The van der Waals surface area contributed by atoms with E-state index < -0.39 is 11.4 Å². The summed E-state index contributed by atoms with van der Waals surface area (Å²) in [5.74, 6) is -0.648. The Morgan fingerprint density at radius 1 is 1.33 bits per heavy atom. The molecule has 0 fully saturated rings. The molecule has 0 bridgehead atoms. The van der Waals surface area contributed by atoms with Gasteiger partial charge in [-0.25, -0.2) is 4.39 Å². The van der Waals surface area contributed by atoms with Gasteiger partial charge in [0.05, 0.1) is 18.1 Å². The normalized spacial score (nSPS) is 11.0. The SMILES string of the molecule is CC(C)(C)OC(=O)CCNCCc1cc(F)cc(C#N)c1. The van der Waals surface area contributed by atoms with Crippen LogP contribution in [0.15, 0.2) is 18.2 Å². The molecule has 0 amide bonds. The van der Waals surface area contributed by atoms with E-state index in [1.165, 1.54) is 12.1 Å². The van der Waals surface area contributed by atoms with Crippen molar-refractivity contribution in [2.45, 2.75) is 39.2 Å². The number of halogens is 1. The molecule has 1 rings (SSSR count). The first-order chi connectivity index (χ1) is 9.80. The molecule has 0 aromatic heterocycles. The molecule has 0 heterocycles. The Bertz CT molecular complexity index is 530. The average molecular weight is 292 g/mol. The predicted molar refractivity (Wildman–Crippen MR) is 78.2 cm³/mol. The third-order valence-corrected chi connectivity index (χ3v) is 2.60. The second kappa shape index (κ2) is 7.75. The zero-order valence-electron chi connectivity index (χ0n) is 12.7. The highest BCUT2D eigenvalue weighted by molar-refractivity contribution is 5.70. The van der Waals surface area contributed by atoms with E-state index in [1.807, 2.05) is 26.8 Å². The first-order valence-corrected chi connectivity index (χ1v) is 6.92. The van der Waals surface area contributed by atoms with E-state index in [-0.39, 0.29) is 5.97 Å². The highest BCUT2D eigenvalue weighted by Gasteiger charge is 2.15. The van der Waals surface area contributed by atoms with Gasteiger partial charge in [-0.3, -0.25) is 4.79 Å². The number of nitrogens with one attached hydrogen (secondary N) is 1. The van der Waals surface area contributed by atoms with Gasteiger partial charge >= 0.3 is 5.97 Å². The van der Waals surface area contributed by atoms with Gasteiger partial charge in [0.15, 0.2) is 0 Å². The molecule has 0 unspecified atom stereocenters. The Balaban J connectivity index is 2.28. The molecule has 0 saturated carbocycles. The van der Waals surface area contributed by atoms with Gasteiger partial charge < -0.3 is 10.1 Å². The Hall–Kier alpha value is -1.93. The van der Waals surface area contributed by atoms with Crippen molar-refractivity contribution < 1.29 is 13.9 Å². The second-order valence-corrected chi connectivity index (χ2v) is 5.80. The molecule has 1 N–H and O–H groups in total. The van der Waals surface area contributed by atoms with Crippen LogP contribution in [0, 0.1) is 17.1 Å². The van der Waals surface area contributed by atoms with Crippen molar-refractivity contribution in [3.8, 4) is 6.07 Å². The quantitative estimate of drug-likeness (QED) is 0.646. The number of benzene rings is 1. The molecule has 114 valence electrons. The zero-order valence-corrected chi connectivity index (χ0v) is 12.7. The molecule has 0 aliphatic heterocycles. The van der Waals surface area contributed by atoms with Gasteiger partial charge in [0.1, 0.15) is 11.4 Å². The highest BCUT2D eigenvalue weighted by atomic mass is 19.1. The van der Waals surface area contributed by atoms with Crippen molar-refractivity contribution in [1.82, 2.24) is 5.32 Å². The fraction of sp³-hybridized carbons (Fsp3) is 0.500. The van der Waals surface area contributed by atoms with Crippen molar-refractivity contribution in [3.63, 3.8) is 0 Å². The fourth-order valence-corrected chi connectivity index (χ4v) is 1.80. The maximum absolute atomic E-state index is 13.2. The van der Waals surface area contributed by atoms with Crippen LogP contribution in [-0.4, -0.2) is 24.7 Å². The molecule has 0 saturated heterocycles. The summed E-state index contributed by atoms with van der Waals surface area (Å²) in [6.07, 6.45) is 0.893. The van der Waals surface area contributed by atoms with Crippen LogP contribution in [0.2, 0.25) is 0 Å². The average Bonchev–Trinajstić information content (AvgIpc) is 2.35. The van der Waals surface area contributed by atoms with Crippen molar-refractivity contribution in [1.29, 1.82) is 5.26 Å². The Morgan fingerprint density at radius 2 is 2.05 bits per heavy atom. The molecule has 1 aromatic rings. The summed E-state index contributed by atoms with van der Waals surface area (Å²) in [6, 6.07) is 6.21. The van der Waals surface area contributed by atoms with E-state index in [2.05, 4.69) is 5.32 Å². The van der Waals surface area contributed by atoms with Crippen molar-refractivity contribution in [3.05, 3.63) is 35.1 Å². The molecular weight excluding hydrogens is 271 g/mol. The molecule has 0 radical (unpaired) electrons. The van der Waals surface area contributed by atoms with Crippen LogP contribution in [0.1, 0.15) is 38.3 Å². The number of carbonyl (C=O) groups excluding carboxylic acids is 1. The monoisotopic (exact) mass is 292 g/mol. The predicted octanol–water partition coefficient (Wildman–Crippen LogP) is 2.56. The number of nitrogens with zero attached hydrogens (tertiary/aromatic N) is 1. The van der Waals surface area contributed by atoms with Gasteiger partial charge in [0, 0.05) is 6.54 Å². The Morgan fingerprint density at radius 3 is 2.67 bits per heavy atom. The van der Waals surface area contributed by atoms with Gasteiger partial charge in [0.25, 0.3) is 0 Å². The minimum Gasteiger partial charge on any atom is -0.460 e. The van der Waals surface area contributed by atoms with Crippen LogP contribution in [-0.2, 0) is 16.0 Å². The lowest BCUT2D eigenvalue weighted by Crippen LogP contribution is -2.27. The van der Waals surface area contributed by atoms with Gasteiger partial charge in [-0.05, 0) is 57.5 Å². The lowest BCUT2D eigenvalue weighted by molar-refractivity contribution is -0.154. The van der Waals surface area contributed by atoms with E-state index >= 15 is 0 Å². The topological polar surface area (TPSA) is 62.1 Å². The number of ether oxygens (including phenoxy) is 1. The van der Waals surface area contributed by atoms with Crippen molar-refractivity contribution in [2.24, 2.45) is 0 Å². The molecule has 0 aliphatic rings. The molecule has 0 aliphatic carbocycles. The van der Waals surface area contributed by atoms with Gasteiger partial charge in [-0.15, -0.1) is 0 Å². The smallest absolute Gasteiger partial charge is 0.307 e. The van der Waals surface area contributed by atoms with Crippen LogP contribution in [0.4, 0.5) is 4.39 Å². The number of esters is 1. The van der Waals surface area contributed by atoms with Crippen molar-refractivity contribution in [2.75, 3.05) is 13.1 Å². The van der Waals surface area contributed by atoms with Crippen LogP contribution < -0.4 is 5.32 Å². The first kappa shape index (κ1) is 17.1. The summed E-state index contributed by atoms with van der Waals surface area (Å²) in [4.78, 5) is 11.5. The summed E-state index contributed by atoms with van der Waals surface area (Å²) in [6.45, 7) is 6.60. The second-order valence-electron chi connectivity index (χ2n) is 5.80. The van der Waals surface area contributed by atoms with E-state index in [0.29, 0.717) is 31.5 Å². The fourth-order valence-electron chi connectivity index (χ4n) is 1.80. The molecule has 21 heavy (non-hydrogen) atoms. The molecule has 0 spiro atoms. The van der Waals surface area contributed by atoms with Crippen LogP contribution >= 0.6 is 0 Å². The highest BCUT2D eigenvalue weighted by Crippen LogP contribution is 2.09. The molecule has 4 nitrogen and oxygen atoms in total. The Labute approximate surface area is 124 Å². The molecule has 5 heteroatoms. The number of hydrogen-bond donors (Lipinski definition) is 1. The lowest BCUT2D eigenvalue weighted by Gasteiger charge is -2.19. The molecule has 1 aromatic carbocycles. The van der Waals surface area contributed by atoms with E-state index in [0.717, 1.165) is 5.56 Å². The van der Waals surface area contributed by atoms with Crippen LogP contribution in [0.5, 0.6) is 0 Å². The lowest BCUT2D eigenvalue weighted by atomic mass is 10.1. The van der Waals surface area contributed by atoms with Crippen LogP contribution in [0.25, 0.3) is 0 Å². The largest absolute Gasteiger partial charge is 0.460 e. The van der Waals surface area contributed by atoms with E-state index in [1.54, 1.807) is 6.07 Å². The summed E-state index contributed by atoms with van der Waals surface area (Å²) in [7, 11) is 0. The number of nitriles is 1. The van der Waals surface area contributed by atoms with Gasteiger partial charge in [-0.1, -0.05) is 0 Å². The number of hydrogen-bond acceptors (Lipinski definition) is 4. The van der Waals surface area contributed by atoms with E-state index in [9.17, 15) is 9.18 Å². The summed E-state index contributed by atoms with van der Waals surface area (Å²) in [5, 5.41) is 11.9. The van der Waals surface area contributed by atoms with Crippen LogP contribution in [0.3, 0.4) is 0 Å². The van der Waals surface area contributed by atoms with Gasteiger partial charge in [0.2, 0.25) is 0 Å². The first-order valence-electron chi connectivity index (χ1n) is 6.92.